The summed E-state index contributed by atoms with van der Waals surface area (Å²) in [5, 5.41) is 8.01. The van der Waals surface area contributed by atoms with Gasteiger partial charge in [-0.05, 0) is 31.5 Å². The summed E-state index contributed by atoms with van der Waals surface area (Å²) in [5.41, 5.74) is 1.26. The van der Waals surface area contributed by atoms with Crippen LogP contribution in [-0.4, -0.2) is 16.3 Å². The molecule has 1 unspecified atom stereocenters. The third-order valence-electron chi connectivity index (χ3n) is 3.16. The molecule has 3 nitrogen and oxygen atoms in total. The van der Waals surface area contributed by atoms with E-state index in [0.29, 0.717) is 0 Å². The van der Waals surface area contributed by atoms with Crippen LogP contribution in [0.25, 0.3) is 0 Å². The van der Waals surface area contributed by atoms with Crippen molar-refractivity contribution in [1.82, 2.24) is 15.1 Å². The van der Waals surface area contributed by atoms with E-state index in [1.807, 2.05) is 22.2 Å². The number of hydrogen-bond donors (Lipinski definition) is 1. The Balaban J connectivity index is 2.22. The van der Waals surface area contributed by atoms with E-state index in [1.165, 1.54) is 15.3 Å². The van der Waals surface area contributed by atoms with E-state index in [0.717, 1.165) is 25.9 Å². The summed E-state index contributed by atoms with van der Waals surface area (Å²) in [4.78, 5) is 2.83. The molecule has 4 heteroatoms. The maximum absolute atomic E-state index is 4.44. The van der Waals surface area contributed by atoms with Crippen molar-refractivity contribution < 1.29 is 0 Å². The standard InChI is InChI=1S/C15H23N3S/c1-4-9-18-11-12(10-17-18)15(16-6-3)14-8-7-13(5-2)19-14/h7-8,10-11,15-16H,4-6,9H2,1-3H3. The van der Waals surface area contributed by atoms with Gasteiger partial charge in [-0.3, -0.25) is 4.68 Å². The molecule has 2 rings (SSSR count). The highest BCUT2D eigenvalue weighted by atomic mass is 32.1. The summed E-state index contributed by atoms with van der Waals surface area (Å²) in [7, 11) is 0. The SMILES string of the molecule is CCCn1cc(C(NCC)c2ccc(CC)s2)cn1. The molecule has 2 aromatic rings. The molecule has 0 aliphatic rings. The van der Waals surface area contributed by atoms with Crippen molar-refractivity contribution in [3.63, 3.8) is 0 Å². The van der Waals surface area contributed by atoms with E-state index in [-0.39, 0.29) is 6.04 Å². The van der Waals surface area contributed by atoms with Gasteiger partial charge in [-0.2, -0.15) is 5.10 Å². The Morgan fingerprint density at radius 3 is 2.79 bits per heavy atom. The number of aryl methyl sites for hydroxylation is 2. The Morgan fingerprint density at radius 2 is 2.16 bits per heavy atom. The molecule has 0 radical (unpaired) electrons. The fourth-order valence-corrected chi connectivity index (χ4v) is 3.26. The smallest absolute Gasteiger partial charge is 0.0702 e. The molecule has 0 spiro atoms. The summed E-state index contributed by atoms with van der Waals surface area (Å²) in [6, 6.07) is 4.76. The Morgan fingerprint density at radius 1 is 1.32 bits per heavy atom. The van der Waals surface area contributed by atoms with Gasteiger partial charge in [-0.25, -0.2) is 0 Å². The van der Waals surface area contributed by atoms with Gasteiger partial charge in [0.25, 0.3) is 0 Å². The maximum Gasteiger partial charge on any atom is 0.0702 e. The number of nitrogens with zero attached hydrogens (tertiary/aromatic N) is 2. The van der Waals surface area contributed by atoms with Crippen LogP contribution in [0.2, 0.25) is 0 Å². The summed E-state index contributed by atoms with van der Waals surface area (Å²) < 4.78 is 2.04. The van der Waals surface area contributed by atoms with Crippen LogP contribution in [0.3, 0.4) is 0 Å². The molecule has 19 heavy (non-hydrogen) atoms. The largest absolute Gasteiger partial charge is 0.306 e. The molecule has 0 saturated carbocycles. The van der Waals surface area contributed by atoms with E-state index >= 15 is 0 Å². The van der Waals surface area contributed by atoms with E-state index in [1.54, 1.807) is 0 Å². The van der Waals surface area contributed by atoms with Crippen LogP contribution in [0.1, 0.15) is 48.6 Å². The highest BCUT2D eigenvalue weighted by Crippen LogP contribution is 2.28. The lowest BCUT2D eigenvalue weighted by Crippen LogP contribution is -2.20. The molecule has 1 N–H and O–H groups in total. The van der Waals surface area contributed by atoms with Crippen LogP contribution < -0.4 is 5.32 Å². The third kappa shape index (κ3) is 3.45. The molecule has 1 atom stereocenters. The van der Waals surface area contributed by atoms with Gasteiger partial charge in [0.1, 0.15) is 0 Å². The van der Waals surface area contributed by atoms with E-state index < -0.39 is 0 Å². The van der Waals surface area contributed by atoms with Crippen molar-refractivity contribution in [1.29, 1.82) is 0 Å². The molecular weight excluding hydrogens is 254 g/mol. The quantitative estimate of drug-likeness (QED) is 0.838. The van der Waals surface area contributed by atoms with E-state index in [9.17, 15) is 0 Å². The van der Waals surface area contributed by atoms with Crippen LogP contribution in [0.4, 0.5) is 0 Å². The van der Waals surface area contributed by atoms with Crippen LogP contribution in [-0.2, 0) is 13.0 Å². The molecular formula is C15H23N3S. The fraction of sp³-hybridized carbons (Fsp3) is 0.533. The second kappa shape index (κ2) is 6.87. The van der Waals surface area contributed by atoms with Crippen LogP contribution in [0.5, 0.6) is 0 Å². The van der Waals surface area contributed by atoms with Gasteiger partial charge in [0.05, 0.1) is 12.2 Å². The molecule has 104 valence electrons. The number of rotatable bonds is 7. The summed E-state index contributed by atoms with van der Waals surface area (Å²) in [5.74, 6) is 0. The predicted molar refractivity (Wildman–Crippen MR) is 81.7 cm³/mol. The number of nitrogens with one attached hydrogen (secondary N) is 1. The van der Waals surface area contributed by atoms with E-state index in [4.69, 9.17) is 0 Å². The van der Waals surface area contributed by atoms with Crippen LogP contribution >= 0.6 is 11.3 Å². The van der Waals surface area contributed by atoms with E-state index in [2.05, 4.69) is 49.5 Å². The lowest BCUT2D eigenvalue weighted by molar-refractivity contribution is 0.598. The first kappa shape index (κ1) is 14.3. The zero-order chi connectivity index (χ0) is 13.7. The average molecular weight is 277 g/mol. The monoisotopic (exact) mass is 277 g/mol. The molecule has 0 aliphatic carbocycles. The lowest BCUT2D eigenvalue weighted by atomic mass is 10.1. The van der Waals surface area contributed by atoms with Gasteiger partial charge < -0.3 is 5.32 Å². The molecule has 2 aromatic heterocycles. The summed E-state index contributed by atoms with van der Waals surface area (Å²) >= 11 is 1.90. The lowest BCUT2D eigenvalue weighted by Gasteiger charge is -2.14. The first-order valence-corrected chi connectivity index (χ1v) is 7.94. The molecule has 0 aromatic carbocycles. The zero-order valence-electron chi connectivity index (χ0n) is 12.0. The fourth-order valence-electron chi connectivity index (χ4n) is 2.21. The average Bonchev–Trinajstić information content (AvgIpc) is 3.05. The second-order valence-corrected chi connectivity index (χ2v) is 5.88. The summed E-state index contributed by atoms with van der Waals surface area (Å²) in [6.45, 7) is 8.48. The Hall–Kier alpha value is -1.13. The highest BCUT2D eigenvalue weighted by molar-refractivity contribution is 7.12. The molecule has 0 bridgehead atoms. The van der Waals surface area contributed by atoms with Gasteiger partial charge in [0.2, 0.25) is 0 Å². The molecule has 0 fully saturated rings. The Kier molecular flexibility index (Phi) is 5.16. The summed E-state index contributed by atoms with van der Waals surface area (Å²) in [6.07, 6.45) is 6.39. The molecule has 0 saturated heterocycles. The van der Waals surface area contributed by atoms with Gasteiger partial charge in [0.15, 0.2) is 0 Å². The first-order valence-electron chi connectivity index (χ1n) is 7.12. The van der Waals surface area contributed by atoms with Gasteiger partial charge >= 0.3 is 0 Å². The van der Waals surface area contributed by atoms with Crippen molar-refractivity contribution in [2.75, 3.05) is 6.54 Å². The Labute approximate surface area is 119 Å². The van der Waals surface area contributed by atoms with Gasteiger partial charge in [-0.1, -0.05) is 20.8 Å². The Bertz CT molecular complexity index is 501. The normalized spacial score (nSPS) is 12.8. The minimum Gasteiger partial charge on any atom is -0.306 e. The van der Waals surface area contributed by atoms with Crippen molar-refractivity contribution in [3.05, 3.63) is 39.8 Å². The number of thiophene rings is 1. The van der Waals surface area contributed by atoms with Crippen LogP contribution in [0.15, 0.2) is 24.5 Å². The third-order valence-corrected chi connectivity index (χ3v) is 4.46. The predicted octanol–water partition coefficient (Wildman–Crippen LogP) is 3.62. The topological polar surface area (TPSA) is 29.9 Å². The van der Waals surface area contributed by atoms with Crippen molar-refractivity contribution >= 4 is 11.3 Å². The molecule has 2 heterocycles. The highest BCUT2D eigenvalue weighted by Gasteiger charge is 2.16. The molecule has 0 aliphatic heterocycles. The number of hydrogen-bond acceptors (Lipinski definition) is 3. The maximum atomic E-state index is 4.44. The second-order valence-electron chi connectivity index (χ2n) is 4.69. The van der Waals surface area contributed by atoms with Gasteiger partial charge in [0, 0.05) is 28.1 Å². The van der Waals surface area contributed by atoms with Crippen molar-refractivity contribution in [3.8, 4) is 0 Å². The minimum atomic E-state index is 0.279. The number of aromatic nitrogens is 2. The van der Waals surface area contributed by atoms with Crippen LogP contribution in [0, 0.1) is 0 Å². The first-order chi connectivity index (χ1) is 9.28. The van der Waals surface area contributed by atoms with Crippen molar-refractivity contribution in [2.45, 2.75) is 46.2 Å². The zero-order valence-corrected chi connectivity index (χ0v) is 12.8. The van der Waals surface area contributed by atoms with Crippen molar-refractivity contribution in [2.24, 2.45) is 0 Å². The minimum absolute atomic E-state index is 0.279. The molecule has 0 amide bonds. The van der Waals surface area contributed by atoms with Gasteiger partial charge in [-0.15, -0.1) is 11.3 Å².